The van der Waals surface area contributed by atoms with Crippen LogP contribution in [0.3, 0.4) is 0 Å². The highest BCUT2D eigenvalue weighted by Crippen LogP contribution is 2.25. The van der Waals surface area contributed by atoms with Crippen LogP contribution in [0.25, 0.3) is 0 Å². The lowest BCUT2D eigenvalue weighted by atomic mass is 10.0. The van der Waals surface area contributed by atoms with Gasteiger partial charge in [-0.25, -0.2) is 0 Å². The van der Waals surface area contributed by atoms with Crippen LogP contribution < -0.4 is 4.74 Å². The third-order valence-corrected chi connectivity index (χ3v) is 4.88. The summed E-state index contributed by atoms with van der Waals surface area (Å²) in [7, 11) is 0. The highest BCUT2D eigenvalue weighted by Gasteiger charge is 2.12. The van der Waals surface area contributed by atoms with Crippen molar-refractivity contribution in [3.63, 3.8) is 0 Å². The lowest BCUT2D eigenvalue weighted by molar-refractivity contribution is 0.302. The molecule has 0 aromatic heterocycles. The molecule has 0 unspecified atom stereocenters. The van der Waals surface area contributed by atoms with Gasteiger partial charge in [-0.1, -0.05) is 87.4 Å². The molecule has 0 bridgehead atoms. The fourth-order valence-electron chi connectivity index (χ4n) is 3.24. The molecule has 0 aliphatic carbocycles. The fourth-order valence-corrected chi connectivity index (χ4v) is 3.24. The van der Waals surface area contributed by atoms with Gasteiger partial charge in [0.05, 0.1) is 12.3 Å². The highest BCUT2D eigenvalue weighted by molar-refractivity contribution is 6.03. The summed E-state index contributed by atoms with van der Waals surface area (Å²) in [5, 5.41) is 23.1. The normalized spacial score (nSPS) is 11.5. The maximum atomic E-state index is 10.3. The molecular weight excluding hydrogens is 350 g/mol. The number of hydrogen-bond acceptors (Lipinski definition) is 4. The summed E-state index contributed by atoms with van der Waals surface area (Å²) in [6, 6.07) is 14.9. The van der Waals surface area contributed by atoms with Crippen molar-refractivity contribution >= 4 is 5.71 Å². The number of phenols is 1. The van der Waals surface area contributed by atoms with E-state index in [1.165, 1.54) is 44.9 Å². The standard InChI is InChI=1S/C24H33NO3/c1-2-3-4-5-6-7-8-12-17-28-21-15-16-22(24(26)19-21)23(25-27)18-20-13-10-9-11-14-20/h9-11,13-16,19,26-27H,2-8,12,17-18H2,1H3. The van der Waals surface area contributed by atoms with E-state index >= 15 is 0 Å². The smallest absolute Gasteiger partial charge is 0.128 e. The molecule has 0 radical (unpaired) electrons. The zero-order valence-corrected chi connectivity index (χ0v) is 16.9. The fraction of sp³-hybridized carbons (Fsp3) is 0.458. The Balaban J connectivity index is 1.77. The van der Waals surface area contributed by atoms with E-state index in [0.29, 0.717) is 30.1 Å². The van der Waals surface area contributed by atoms with E-state index in [2.05, 4.69) is 12.1 Å². The quantitative estimate of drug-likeness (QED) is 0.184. The van der Waals surface area contributed by atoms with Crippen LogP contribution in [0.2, 0.25) is 0 Å². The van der Waals surface area contributed by atoms with Gasteiger partial charge in [0.2, 0.25) is 0 Å². The number of nitrogens with zero attached hydrogens (tertiary/aromatic N) is 1. The molecule has 0 fully saturated rings. The Hall–Kier alpha value is -2.49. The van der Waals surface area contributed by atoms with Gasteiger partial charge >= 0.3 is 0 Å². The van der Waals surface area contributed by atoms with Crippen molar-refractivity contribution in [2.75, 3.05) is 6.61 Å². The summed E-state index contributed by atoms with van der Waals surface area (Å²) in [4.78, 5) is 0. The minimum absolute atomic E-state index is 0.0668. The lowest BCUT2D eigenvalue weighted by Gasteiger charge is -2.11. The first kappa shape index (κ1) is 21.8. The molecule has 2 N–H and O–H groups in total. The van der Waals surface area contributed by atoms with E-state index in [0.717, 1.165) is 12.0 Å². The van der Waals surface area contributed by atoms with Gasteiger partial charge in [0.1, 0.15) is 11.5 Å². The van der Waals surface area contributed by atoms with E-state index in [1.54, 1.807) is 12.1 Å². The lowest BCUT2D eigenvalue weighted by Crippen LogP contribution is -2.06. The summed E-state index contributed by atoms with van der Waals surface area (Å²) in [6.07, 6.45) is 10.5. The summed E-state index contributed by atoms with van der Waals surface area (Å²) in [5.74, 6) is 0.707. The average Bonchev–Trinajstić information content (AvgIpc) is 2.72. The molecule has 2 aromatic rings. The molecule has 2 aromatic carbocycles. The van der Waals surface area contributed by atoms with Gasteiger partial charge in [-0.15, -0.1) is 0 Å². The predicted octanol–water partition coefficient (Wildman–Crippen LogP) is 6.33. The molecule has 0 aliphatic rings. The van der Waals surface area contributed by atoms with Crippen molar-refractivity contribution in [1.29, 1.82) is 0 Å². The first-order chi connectivity index (χ1) is 13.7. The third kappa shape index (κ3) is 7.63. The van der Waals surface area contributed by atoms with Crippen molar-refractivity contribution < 1.29 is 15.1 Å². The topological polar surface area (TPSA) is 62.0 Å². The van der Waals surface area contributed by atoms with E-state index < -0.39 is 0 Å². The van der Waals surface area contributed by atoms with E-state index in [4.69, 9.17) is 4.74 Å². The summed E-state index contributed by atoms with van der Waals surface area (Å²) < 4.78 is 5.76. The number of unbranched alkanes of at least 4 members (excludes halogenated alkanes) is 7. The second kappa shape index (κ2) is 12.8. The van der Waals surface area contributed by atoms with Gasteiger partial charge < -0.3 is 15.1 Å². The highest BCUT2D eigenvalue weighted by atomic mass is 16.5. The number of hydrogen-bond donors (Lipinski definition) is 2. The van der Waals surface area contributed by atoms with Crippen LogP contribution in [0.4, 0.5) is 0 Å². The zero-order valence-electron chi connectivity index (χ0n) is 16.9. The van der Waals surface area contributed by atoms with Crippen LogP contribution in [0.1, 0.15) is 69.4 Å². The minimum atomic E-state index is 0.0668. The maximum absolute atomic E-state index is 10.3. The summed E-state index contributed by atoms with van der Waals surface area (Å²) >= 11 is 0. The first-order valence-corrected chi connectivity index (χ1v) is 10.5. The van der Waals surface area contributed by atoms with Gasteiger partial charge in [-0.3, -0.25) is 0 Å². The van der Waals surface area contributed by atoms with Gasteiger partial charge in [0.15, 0.2) is 0 Å². The SMILES string of the molecule is CCCCCCCCCCOc1ccc(C(Cc2ccccc2)=NO)c(O)c1. The van der Waals surface area contributed by atoms with Gasteiger partial charge in [0, 0.05) is 18.1 Å². The number of benzene rings is 2. The van der Waals surface area contributed by atoms with Crippen LogP contribution in [0, 0.1) is 0 Å². The number of ether oxygens (including phenoxy) is 1. The average molecular weight is 384 g/mol. The van der Waals surface area contributed by atoms with Crippen molar-refractivity contribution in [2.24, 2.45) is 5.16 Å². The van der Waals surface area contributed by atoms with Crippen molar-refractivity contribution in [2.45, 2.75) is 64.7 Å². The van der Waals surface area contributed by atoms with Crippen LogP contribution in [0.15, 0.2) is 53.7 Å². The Morgan fingerprint density at radius 1 is 0.893 bits per heavy atom. The monoisotopic (exact) mass is 383 g/mol. The molecule has 2 rings (SSSR count). The number of phenolic OH excluding ortho intramolecular Hbond substituents is 1. The zero-order chi connectivity index (χ0) is 20.0. The van der Waals surface area contributed by atoms with Crippen molar-refractivity contribution in [1.82, 2.24) is 0 Å². The van der Waals surface area contributed by atoms with Gasteiger partial charge in [-0.05, 0) is 24.1 Å². The Labute approximate surface area is 168 Å². The van der Waals surface area contributed by atoms with Gasteiger partial charge in [-0.2, -0.15) is 0 Å². The largest absolute Gasteiger partial charge is 0.507 e. The molecular formula is C24H33NO3. The first-order valence-electron chi connectivity index (χ1n) is 10.5. The molecule has 4 nitrogen and oxygen atoms in total. The van der Waals surface area contributed by atoms with Gasteiger partial charge in [0.25, 0.3) is 0 Å². The molecule has 4 heteroatoms. The Morgan fingerprint density at radius 3 is 2.21 bits per heavy atom. The van der Waals surface area contributed by atoms with E-state index in [1.807, 2.05) is 36.4 Å². The summed E-state index contributed by atoms with van der Waals surface area (Å²) in [5.41, 5.74) is 1.97. The molecule has 0 saturated heterocycles. The van der Waals surface area contributed by atoms with Crippen LogP contribution >= 0.6 is 0 Å². The molecule has 0 atom stereocenters. The molecule has 28 heavy (non-hydrogen) atoms. The Morgan fingerprint density at radius 2 is 1.57 bits per heavy atom. The molecule has 0 aliphatic heterocycles. The Kier molecular flexibility index (Phi) is 9.98. The van der Waals surface area contributed by atoms with Crippen LogP contribution in [-0.4, -0.2) is 22.6 Å². The van der Waals surface area contributed by atoms with Crippen molar-refractivity contribution in [3.05, 3.63) is 59.7 Å². The van der Waals surface area contributed by atoms with E-state index in [-0.39, 0.29) is 5.75 Å². The molecule has 0 saturated carbocycles. The predicted molar refractivity (Wildman–Crippen MR) is 115 cm³/mol. The third-order valence-electron chi connectivity index (χ3n) is 4.88. The molecule has 0 amide bonds. The van der Waals surface area contributed by atoms with Crippen molar-refractivity contribution in [3.8, 4) is 11.5 Å². The molecule has 0 heterocycles. The minimum Gasteiger partial charge on any atom is -0.507 e. The second-order valence-electron chi connectivity index (χ2n) is 7.21. The maximum Gasteiger partial charge on any atom is 0.128 e. The molecule has 0 spiro atoms. The van der Waals surface area contributed by atoms with Crippen LogP contribution in [-0.2, 0) is 6.42 Å². The second-order valence-corrected chi connectivity index (χ2v) is 7.21. The summed E-state index contributed by atoms with van der Waals surface area (Å²) in [6.45, 7) is 2.89. The van der Waals surface area contributed by atoms with E-state index in [9.17, 15) is 10.3 Å². The number of aromatic hydroxyl groups is 1. The van der Waals surface area contributed by atoms with Crippen LogP contribution in [0.5, 0.6) is 11.5 Å². The number of oxime groups is 1. The Bertz CT molecular complexity index is 713. The number of rotatable bonds is 13. The molecule has 152 valence electrons.